The van der Waals surface area contributed by atoms with Crippen LogP contribution in [0.2, 0.25) is 0 Å². The normalized spacial score (nSPS) is 14.0. The van der Waals surface area contributed by atoms with Gasteiger partial charge in [0.05, 0.1) is 17.6 Å². The molecule has 1 atom stereocenters. The maximum Gasteiger partial charge on any atom is 0.326 e. The lowest BCUT2D eigenvalue weighted by Gasteiger charge is -2.24. The summed E-state index contributed by atoms with van der Waals surface area (Å²) in [5, 5.41) is 16.4. The molecule has 0 aliphatic carbocycles. The Morgan fingerprint density at radius 1 is 1.19 bits per heavy atom. The van der Waals surface area contributed by atoms with Crippen LogP contribution in [-0.2, 0) is 29.4 Å². The van der Waals surface area contributed by atoms with E-state index in [1.807, 2.05) is 35.9 Å². The lowest BCUT2D eigenvalue weighted by atomic mass is 10.1. The summed E-state index contributed by atoms with van der Waals surface area (Å²) in [7, 11) is 3.59. The van der Waals surface area contributed by atoms with E-state index in [0.717, 1.165) is 67.9 Å². The molecule has 3 aromatic rings. The van der Waals surface area contributed by atoms with Gasteiger partial charge in [0, 0.05) is 39.5 Å². The largest absolute Gasteiger partial charge is 0.480 e. The standard InChI is InChI=1S/C27H38N6O3/c1-32-24-11-4-3-10-22(24)30-27(32)31-23(26(34)35)14-17-33(18-19-36-2)16-6-5-9-21-13-12-20-8-7-15-28-25(20)29-21/h3-4,10-13,23H,5-9,14-19H2,1-2H3,(H,28,29)(H,30,31)(H,34,35). The van der Waals surface area contributed by atoms with Gasteiger partial charge in [0.2, 0.25) is 5.95 Å². The molecule has 2 aromatic heterocycles. The van der Waals surface area contributed by atoms with Crippen molar-refractivity contribution in [3.05, 3.63) is 47.7 Å². The van der Waals surface area contributed by atoms with E-state index in [1.165, 1.54) is 12.0 Å². The predicted octanol–water partition coefficient (Wildman–Crippen LogP) is 3.55. The van der Waals surface area contributed by atoms with Gasteiger partial charge in [0.15, 0.2) is 0 Å². The number of nitrogens with zero attached hydrogens (tertiary/aromatic N) is 4. The lowest BCUT2D eigenvalue weighted by molar-refractivity contribution is -0.138. The molecule has 0 amide bonds. The molecule has 3 heterocycles. The molecule has 36 heavy (non-hydrogen) atoms. The fraction of sp³-hybridized carbons (Fsp3) is 0.519. The van der Waals surface area contributed by atoms with Gasteiger partial charge in [-0.2, -0.15) is 0 Å². The van der Waals surface area contributed by atoms with E-state index in [1.54, 1.807) is 7.11 Å². The van der Waals surface area contributed by atoms with Crippen molar-refractivity contribution in [2.75, 3.05) is 50.5 Å². The van der Waals surface area contributed by atoms with Gasteiger partial charge in [-0.05, 0) is 68.8 Å². The molecule has 0 saturated heterocycles. The average Bonchev–Trinajstić information content (AvgIpc) is 3.21. The number of methoxy groups -OCH3 is 1. The molecule has 0 saturated carbocycles. The number of nitrogens with one attached hydrogen (secondary N) is 2. The van der Waals surface area contributed by atoms with Crippen molar-refractivity contribution in [2.45, 2.75) is 44.6 Å². The first-order valence-electron chi connectivity index (χ1n) is 12.9. The number of imidazole rings is 1. The number of ether oxygens (including phenoxy) is 1. The highest BCUT2D eigenvalue weighted by atomic mass is 16.5. The molecule has 1 aliphatic rings. The van der Waals surface area contributed by atoms with Gasteiger partial charge in [-0.15, -0.1) is 0 Å². The van der Waals surface area contributed by atoms with Crippen LogP contribution in [0.25, 0.3) is 11.0 Å². The maximum absolute atomic E-state index is 12.0. The summed E-state index contributed by atoms with van der Waals surface area (Å²) in [6.45, 7) is 3.95. The Kier molecular flexibility index (Phi) is 9.13. The minimum atomic E-state index is -0.874. The first kappa shape index (κ1) is 25.9. The first-order valence-corrected chi connectivity index (χ1v) is 12.9. The fourth-order valence-electron chi connectivity index (χ4n) is 4.70. The van der Waals surface area contributed by atoms with Crippen molar-refractivity contribution < 1.29 is 14.6 Å². The molecule has 4 rings (SSSR count). The number of fused-ring (bicyclic) bond motifs is 2. The number of unbranched alkanes of at least 4 members (excludes halogenated alkanes) is 1. The molecule has 3 N–H and O–H groups in total. The first-order chi connectivity index (χ1) is 17.5. The van der Waals surface area contributed by atoms with E-state index >= 15 is 0 Å². The van der Waals surface area contributed by atoms with Gasteiger partial charge >= 0.3 is 5.97 Å². The van der Waals surface area contributed by atoms with Gasteiger partial charge in [-0.3, -0.25) is 0 Å². The Morgan fingerprint density at radius 3 is 2.86 bits per heavy atom. The van der Waals surface area contributed by atoms with Crippen molar-refractivity contribution in [2.24, 2.45) is 7.05 Å². The highest BCUT2D eigenvalue weighted by molar-refractivity contribution is 5.81. The number of carboxylic acid groups (broad SMARTS) is 1. The van der Waals surface area contributed by atoms with Crippen LogP contribution in [0.1, 0.15) is 36.9 Å². The van der Waals surface area contributed by atoms with E-state index in [9.17, 15) is 9.90 Å². The smallest absolute Gasteiger partial charge is 0.326 e. The van der Waals surface area contributed by atoms with E-state index in [-0.39, 0.29) is 0 Å². The predicted molar refractivity (Wildman–Crippen MR) is 143 cm³/mol. The number of carboxylic acids is 1. The summed E-state index contributed by atoms with van der Waals surface area (Å²) < 4.78 is 7.20. The van der Waals surface area contributed by atoms with E-state index in [0.29, 0.717) is 25.5 Å². The minimum absolute atomic E-state index is 0.473. The molecule has 9 nitrogen and oxygen atoms in total. The molecular weight excluding hydrogens is 456 g/mol. The maximum atomic E-state index is 12.0. The van der Waals surface area contributed by atoms with Gasteiger partial charge in [-0.1, -0.05) is 18.2 Å². The van der Waals surface area contributed by atoms with E-state index in [4.69, 9.17) is 9.72 Å². The molecule has 0 spiro atoms. The summed E-state index contributed by atoms with van der Waals surface area (Å²) in [6.07, 6.45) is 5.75. The van der Waals surface area contributed by atoms with E-state index in [2.05, 4.69) is 32.7 Å². The van der Waals surface area contributed by atoms with Gasteiger partial charge < -0.3 is 29.9 Å². The summed E-state index contributed by atoms with van der Waals surface area (Å²) in [5.74, 6) is 0.744. The average molecular weight is 495 g/mol. The molecule has 194 valence electrons. The number of aromatic nitrogens is 3. The second kappa shape index (κ2) is 12.7. The third-order valence-corrected chi connectivity index (χ3v) is 6.84. The third-order valence-electron chi connectivity index (χ3n) is 6.84. The highest BCUT2D eigenvalue weighted by Crippen LogP contribution is 2.21. The van der Waals surface area contributed by atoms with Gasteiger partial charge in [-0.25, -0.2) is 14.8 Å². The van der Waals surface area contributed by atoms with Crippen molar-refractivity contribution in [1.82, 2.24) is 19.4 Å². The topological polar surface area (TPSA) is 105 Å². The minimum Gasteiger partial charge on any atom is -0.480 e. The molecule has 1 aliphatic heterocycles. The number of pyridine rings is 1. The van der Waals surface area contributed by atoms with Crippen LogP contribution >= 0.6 is 0 Å². The second-order valence-electron chi connectivity index (χ2n) is 9.44. The third kappa shape index (κ3) is 6.73. The monoisotopic (exact) mass is 494 g/mol. The van der Waals surface area contributed by atoms with Crippen LogP contribution in [0, 0.1) is 0 Å². The SMILES string of the molecule is COCCN(CCCCc1ccc2c(n1)NCCC2)CCC(Nc1nc2ccccc2n1C)C(=O)O. The fourth-order valence-corrected chi connectivity index (χ4v) is 4.70. The Labute approximate surface area is 212 Å². The van der Waals surface area contributed by atoms with Crippen molar-refractivity contribution in [3.63, 3.8) is 0 Å². The molecule has 1 aromatic carbocycles. The van der Waals surface area contributed by atoms with Crippen LogP contribution in [0.3, 0.4) is 0 Å². The quantitative estimate of drug-likeness (QED) is 0.292. The van der Waals surface area contributed by atoms with Crippen LogP contribution in [0.15, 0.2) is 36.4 Å². The van der Waals surface area contributed by atoms with Crippen LogP contribution in [-0.4, -0.2) is 76.4 Å². The number of hydrogen-bond donors (Lipinski definition) is 3. The van der Waals surface area contributed by atoms with Crippen molar-refractivity contribution in [3.8, 4) is 0 Å². The summed E-state index contributed by atoms with van der Waals surface area (Å²) in [6, 6.07) is 11.4. The van der Waals surface area contributed by atoms with Crippen LogP contribution in [0.4, 0.5) is 11.8 Å². The Bertz CT molecular complexity index is 1150. The molecular formula is C27H38N6O3. The summed E-state index contributed by atoms with van der Waals surface area (Å²) in [4.78, 5) is 23.7. The Balaban J connectivity index is 1.28. The van der Waals surface area contributed by atoms with Crippen LogP contribution in [0.5, 0.6) is 0 Å². The zero-order valence-corrected chi connectivity index (χ0v) is 21.4. The molecule has 1 unspecified atom stereocenters. The Hall–Kier alpha value is -3.17. The number of anilines is 2. The number of rotatable bonds is 14. The van der Waals surface area contributed by atoms with E-state index < -0.39 is 12.0 Å². The van der Waals surface area contributed by atoms with Gasteiger partial charge in [0.1, 0.15) is 11.9 Å². The number of aryl methyl sites for hydroxylation is 3. The molecule has 0 fully saturated rings. The summed E-state index contributed by atoms with van der Waals surface area (Å²) in [5.41, 5.74) is 4.26. The van der Waals surface area contributed by atoms with Crippen molar-refractivity contribution >= 4 is 28.8 Å². The number of benzene rings is 1. The Morgan fingerprint density at radius 2 is 2.06 bits per heavy atom. The lowest BCUT2D eigenvalue weighted by Crippen LogP contribution is -2.37. The molecule has 0 bridgehead atoms. The second-order valence-corrected chi connectivity index (χ2v) is 9.44. The summed E-state index contributed by atoms with van der Waals surface area (Å²) >= 11 is 0. The number of aliphatic carboxylic acids is 1. The van der Waals surface area contributed by atoms with Crippen molar-refractivity contribution in [1.29, 1.82) is 0 Å². The number of hydrogen-bond acceptors (Lipinski definition) is 7. The zero-order chi connectivity index (χ0) is 25.3. The molecule has 0 radical (unpaired) electrons. The highest BCUT2D eigenvalue weighted by Gasteiger charge is 2.21. The zero-order valence-electron chi connectivity index (χ0n) is 21.4. The molecule has 9 heteroatoms. The van der Waals surface area contributed by atoms with Crippen LogP contribution < -0.4 is 10.6 Å². The number of carbonyl (C=O) groups is 1. The number of para-hydroxylation sites is 2. The van der Waals surface area contributed by atoms with Gasteiger partial charge in [0.25, 0.3) is 0 Å².